The molecule has 0 saturated carbocycles. The summed E-state index contributed by atoms with van der Waals surface area (Å²) in [4.78, 5) is 24.0. The summed E-state index contributed by atoms with van der Waals surface area (Å²) in [5, 5.41) is 9.44. The van der Waals surface area contributed by atoms with E-state index in [2.05, 4.69) is 0 Å². The third-order valence-corrected chi connectivity index (χ3v) is 3.18. The lowest BCUT2D eigenvalue weighted by atomic mass is 10.0. The van der Waals surface area contributed by atoms with E-state index in [1.165, 1.54) is 0 Å². The maximum atomic E-state index is 11.5. The first-order chi connectivity index (χ1) is 9.54. The Balaban J connectivity index is 2.84. The summed E-state index contributed by atoms with van der Waals surface area (Å²) in [7, 11) is 0. The van der Waals surface area contributed by atoms with Crippen molar-refractivity contribution in [1.29, 1.82) is 0 Å². The Hall–Kier alpha value is -1.68. The molecule has 4 heteroatoms. The fourth-order valence-electron chi connectivity index (χ4n) is 2.23. The largest absolute Gasteiger partial charge is 0.480 e. The first-order valence-corrected chi connectivity index (χ1v) is 6.99. The number of carboxylic acid groups (broad SMARTS) is 1. The minimum Gasteiger partial charge on any atom is -0.480 e. The molecule has 1 atom stereocenters. The molecule has 1 aromatic carbocycles. The number of carboxylic acids is 1. The molecule has 4 nitrogen and oxygen atoms in total. The highest BCUT2D eigenvalue weighted by molar-refractivity contribution is 5.73. The van der Waals surface area contributed by atoms with Crippen LogP contribution in [0.4, 0.5) is 0 Å². The van der Waals surface area contributed by atoms with Gasteiger partial charge in [-0.3, -0.25) is 9.69 Å². The van der Waals surface area contributed by atoms with Crippen LogP contribution in [-0.4, -0.2) is 34.8 Å². The smallest absolute Gasteiger partial charge is 0.320 e. The van der Waals surface area contributed by atoms with Crippen LogP contribution < -0.4 is 0 Å². The standard InChI is InChI=1S/C16H23NO3/c1-13(2)11-15(16(19)20)17(9-6-10-18)12-14-7-4-3-5-8-14/h3-5,7-8,10,13,15H,6,9,11-12H2,1-2H3,(H,19,20)/t15-/m0/s1. The summed E-state index contributed by atoms with van der Waals surface area (Å²) >= 11 is 0. The molecule has 0 unspecified atom stereocenters. The van der Waals surface area contributed by atoms with E-state index in [9.17, 15) is 14.7 Å². The molecule has 0 aromatic heterocycles. The topological polar surface area (TPSA) is 57.6 Å². The minimum absolute atomic E-state index is 0.297. The van der Waals surface area contributed by atoms with Crippen LogP contribution in [-0.2, 0) is 16.1 Å². The van der Waals surface area contributed by atoms with E-state index < -0.39 is 12.0 Å². The molecule has 0 spiro atoms. The summed E-state index contributed by atoms with van der Waals surface area (Å²) in [5.74, 6) is -0.522. The van der Waals surface area contributed by atoms with Crippen LogP contribution in [0.5, 0.6) is 0 Å². The van der Waals surface area contributed by atoms with Crippen LogP contribution in [0.2, 0.25) is 0 Å². The summed E-state index contributed by atoms with van der Waals surface area (Å²) in [6, 6.07) is 9.21. The van der Waals surface area contributed by atoms with Crippen molar-refractivity contribution >= 4 is 12.3 Å². The van der Waals surface area contributed by atoms with Gasteiger partial charge >= 0.3 is 5.97 Å². The van der Waals surface area contributed by atoms with Gasteiger partial charge in [0.25, 0.3) is 0 Å². The van der Waals surface area contributed by atoms with Crippen molar-refractivity contribution in [3.8, 4) is 0 Å². The summed E-state index contributed by atoms with van der Waals surface area (Å²) in [6.07, 6.45) is 1.78. The van der Waals surface area contributed by atoms with Crippen LogP contribution >= 0.6 is 0 Å². The van der Waals surface area contributed by atoms with E-state index in [0.717, 1.165) is 11.8 Å². The average molecular weight is 277 g/mol. The van der Waals surface area contributed by atoms with Gasteiger partial charge in [-0.05, 0) is 17.9 Å². The zero-order chi connectivity index (χ0) is 15.0. The highest BCUT2D eigenvalue weighted by Crippen LogP contribution is 2.16. The second-order valence-corrected chi connectivity index (χ2v) is 5.40. The Kier molecular flexibility index (Phi) is 6.94. The third-order valence-electron chi connectivity index (χ3n) is 3.18. The predicted octanol–water partition coefficient (Wildman–Crippen LogP) is 2.58. The number of carbonyl (C=O) groups excluding carboxylic acids is 1. The number of aldehydes is 1. The normalized spacial score (nSPS) is 12.6. The average Bonchev–Trinajstić information content (AvgIpc) is 2.41. The molecule has 20 heavy (non-hydrogen) atoms. The van der Waals surface area contributed by atoms with Crippen molar-refractivity contribution in [3.05, 3.63) is 35.9 Å². The third kappa shape index (κ3) is 5.53. The van der Waals surface area contributed by atoms with E-state index in [1.807, 2.05) is 49.1 Å². The lowest BCUT2D eigenvalue weighted by Gasteiger charge is -2.29. The molecule has 0 amide bonds. The molecule has 0 aliphatic carbocycles. The summed E-state index contributed by atoms with van der Waals surface area (Å²) in [6.45, 7) is 5.05. The first-order valence-electron chi connectivity index (χ1n) is 6.99. The second-order valence-electron chi connectivity index (χ2n) is 5.40. The zero-order valence-electron chi connectivity index (χ0n) is 12.2. The summed E-state index contributed by atoms with van der Waals surface area (Å²) in [5.41, 5.74) is 1.06. The van der Waals surface area contributed by atoms with E-state index in [1.54, 1.807) is 0 Å². The lowest BCUT2D eigenvalue weighted by molar-refractivity contribution is -0.144. The van der Waals surface area contributed by atoms with Crippen molar-refractivity contribution in [2.45, 2.75) is 39.3 Å². The molecule has 0 heterocycles. The van der Waals surface area contributed by atoms with Crippen molar-refractivity contribution in [2.24, 2.45) is 5.92 Å². The number of hydrogen-bond donors (Lipinski definition) is 1. The van der Waals surface area contributed by atoms with Gasteiger partial charge in [-0.1, -0.05) is 44.2 Å². The van der Waals surface area contributed by atoms with Gasteiger partial charge < -0.3 is 9.90 Å². The molecule has 0 aliphatic rings. The Morgan fingerprint density at radius 2 is 1.95 bits per heavy atom. The maximum absolute atomic E-state index is 11.5. The molecule has 1 rings (SSSR count). The van der Waals surface area contributed by atoms with Gasteiger partial charge in [0, 0.05) is 19.5 Å². The molecular formula is C16H23NO3. The van der Waals surface area contributed by atoms with E-state index in [-0.39, 0.29) is 0 Å². The maximum Gasteiger partial charge on any atom is 0.320 e. The van der Waals surface area contributed by atoms with Gasteiger partial charge in [-0.25, -0.2) is 0 Å². The Morgan fingerprint density at radius 1 is 1.30 bits per heavy atom. The first kappa shape index (κ1) is 16.4. The van der Waals surface area contributed by atoms with Crippen molar-refractivity contribution < 1.29 is 14.7 Å². The highest BCUT2D eigenvalue weighted by atomic mass is 16.4. The quantitative estimate of drug-likeness (QED) is 0.705. The van der Waals surface area contributed by atoms with E-state index in [4.69, 9.17) is 0 Å². The number of hydrogen-bond acceptors (Lipinski definition) is 3. The molecule has 1 N–H and O–H groups in total. The highest BCUT2D eigenvalue weighted by Gasteiger charge is 2.26. The Bertz CT molecular complexity index is 417. The molecular weight excluding hydrogens is 254 g/mol. The predicted molar refractivity (Wildman–Crippen MR) is 78.4 cm³/mol. The second kappa shape index (κ2) is 8.48. The van der Waals surface area contributed by atoms with Gasteiger partial charge in [0.1, 0.15) is 12.3 Å². The molecule has 110 valence electrons. The van der Waals surface area contributed by atoms with Crippen LogP contribution in [0.25, 0.3) is 0 Å². The zero-order valence-corrected chi connectivity index (χ0v) is 12.2. The van der Waals surface area contributed by atoms with Crippen LogP contribution in [0.1, 0.15) is 32.3 Å². The Labute approximate surface area is 120 Å². The fourth-order valence-corrected chi connectivity index (χ4v) is 2.23. The number of nitrogens with zero attached hydrogens (tertiary/aromatic N) is 1. The number of aliphatic carboxylic acids is 1. The monoisotopic (exact) mass is 277 g/mol. The molecule has 0 radical (unpaired) electrons. The molecule has 0 fully saturated rings. The lowest BCUT2D eigenvalue weighted by Crippen LogP contribution is -2.42. The fraction of sp³-hybridized carbons (Fsp3) is 0.500. The van der Waals surface area contributed by atoms with Gasteiger partial charge in [0.15, 0.2) is 0 Å². The van der Waals surface area contributed by atoms with Crippen molar-refractivity contribution in [3.63, 3.8) is 0 Å². The molecule has 0 bridgehead atoms. The van der Waals surface area contributed by atoms with E-state index in [0.29, 0.717) is 31.8 Å². The number of benzene rings is 1. The van der Waals surface area contributed by atoms with Gasteiger partial charge in [-0.15, -0.1) is 0 Å². The van der Waals surface area contributed by atoms with Crippen molar-refractivity contribution in [2.75, 3.05) is 6.54 Å². The van der Waals surface area contributed by atoms with Gasteiger partial charge in [0.05, 0.1) is 0 Å². The molecule has 1 aromatic rings. The van der Waals surface area contributed by atoms with Crippen LogP contribution in [0.3, 0.4) is 0 Å². The summed E-state index contributed by atoms with van der Waals surface area (Å²) < 4.78 is 0. The number of rotatable bonds is 9. The minimum atomic E-state index is -0.819. The van der Waals surface area contributed by atoms with Crippen molar-refractivity contribution in [1.82, 2.24) is 4.90 Å². The number of carbonyl (C=O) groups is 2. The van der Waals surface area contributed by atoms with Gasteiger partial charge in [-0.2, -0.15) is 0 Å². The SMILES string of the molecule is CC(C)C[C@@H](C(=O)O)N(CCC=O)Cc1ccccc1. The van der Waals surface area contributed by atoms with Gasteiger partial charge in [0.2, 0.25) is 0 Å². The van der Waals surface area contributed by atoms with E-state index >= 15 is 0 Å². The van der Waals surface area contributed by atoms with Crippen LogP contribution in [0.15, 0.2) is 30.3 Å². The molecule has 0 aliphatic heterocycles. The van der Waals surface area contributed by atoms with Crippen LogP contribution in [0, 0.1) is 5.92 Å². The Morgan fingerprint density at radius 3 is 2.45 bits per heavy atom. The molecule has 0 saturated heterocycles.